The first-order chi connectivity index (χ1) is 15.1. The molecule has 1 atom stereocenters. The molecular weight excluding hydrogens is 398 g/mol. The number of fused-ring (bicyclic) bond motifs is 1. The zero-order valence-corrected chi connectivity index (χ0v) is 17.1. The predicted octanol–water partition coefficient (Wildman–Crippen LogP) is 1.70. The van der Waals surface area contributed by atoms with Crippen LogP contribution in [0.3, 0.4) is 0 Å². The van der Waals surface area contributed by atoms with E-state index >= 15 is 0 Å². The van der Waals surface area contributed by atoms with Gasteiger partial charge in [0.05, 0.1) is 12.5 Å². The van der Waals surface area contributed by atoms with E-state index < -0.39 is 0 Å². The SMILES string of the molecule is O=C(NCC(=O)N1CCC[C@H](C(=O)NCc2ccc3c(c2)OCO3)C1)c1ccccc1. The molecule has 4 rings (SSSR count). The van der Waals surface area contributed by atoms with E-state index in [-0.39, 0.29) is 37.0 Å². The quantitative estimate of drug-likeness (QED) is 0.737. The van der Waals surface area contributed by atoms with Gasteiger partial charge in [-0.25, -0.2) is 0 Å². The molecule has 0 spiro atoms. The number of ether oxygens (including phenoxy) is 2. The van der Waals surface area contributed by atoms with Crippen LogP contribution in [-0.2, 0) is 16.1 Å². The molecule has 0 unspecified atom stereocenters. The summed E-state index contributed by atoms with van der Waals surface area (Å²) in [6.45, 7) is 1.45. The molecule has 8 nitrogen and oxygen atoms in total. The van der Waals surface area contributed by atoms with Crippen molar-refractivity contribution >= 4 is 17.7 Å². The Morgan fingerprint density at radius 1 is 1.00 bits per heavy atom. The third-order valence-electron chi connectivity index (χ3n) is 5.48. The fourth-order valence-electron chi connectivity index (χ4n) is 3.76. The summed E-state index contributed by atoms with van der Waals surface area (Å²) in [5, 5.41) is 5.60. The number of carbonyl (C=O) groups excluding carboxylic acids is 3. The maximum absolute atomic E-state index is 12.6. The normalized spacial score (nSPS) is 17.2. The fourth-order valence-corrected chi connectivity index (χ4v) is 3.76. The van der Waals surface area contributed by atoms with Crippen LogP contribution in [0.4, 0.5) is 0 Å². The lowest BCUT2D eigenvalue weighted by Crippen LogP contribution is -2.48. The number of carbonyl (C=O) groups is 3. The van der Waals surface area contributed by atoms with Crippen molar-refractivity contribution in [3.05, 3.63) is 59.7 Å². The van der Waals surface area contributed by atoms with Crippen molar-refractivity contribution in [2.45, 2.75) is 19.4 Å². The van der Waals surface area contributed by atoms with Crippen molar-refractivity contribution in [3.8, 4) is 11.5 Å². The molecule has 8 heteroatoms. The molecule has 0 saturated carbocycles. The molecule has 2 aromatic carbocycles. The molecule has 2 aliphatic rings. The van der Waals surface area contributed by atoms with Crippen LogP contribution in [0.2, 0.25) is 0 Å². The van der Waals surface area contributed by atoms with Gasteiger partial charge in [-0.3, -0.25) is 14.4 Å². The zero-order chi connectivity index (χ0) is 21.6. The number of hydrogen-bond donors (Lipinski definition) is 2. The van der Waals surface area contributed by atoms with Crippen LogP contribution in [0.25, 0.3) is 0 Å². The van der Waals surface area contributed by atoms with Crippen LogP contribution in [-0.4, -0.2) is 49.0 Å². The van der Waals surface area contributed by atoms with Crippen LogP contribution >= 0.6 is 0 Å². The van der Waals surface area contributed by atoms with E-state index in [1.54, 1.807) is 29.2 Å². The van der Waals surface area contributed by atoms with Crippen LogP contribution in [0, 0.1) is 5.92 Å². The third-order valence-corrected chi connectivity index (χ3v) is 5.48. The van der Waals surface area contributed by atoms with E-state index in [0.717, 1.165) is 18.4 Å². The smallest absolute Gasteiger partial charge is 0.251 e. The Morgan fingerprint density at radius 3 is 2.65 bits per heavy atom. The molecular formula is C23H25N3O5. The lowest BCUT2D eigenvalue weighted by Gasteiger charge is -2.32. The number of rotatable bonds is 6. The number of amides is 3. The minimum atomic E-state index is -0.288. The Kier molecular flexibility index (Phi) is 6.35. The molecule has 2 heterocycles. The maximum Gasteiger partial charge on any atom is 0.251 e. The lowest BCUT2D eigenvalue weighted by atomic mass is 9.97. The minimum Gasteiger partial charge on any atom is -0.454 e. The van der Waals surface area contributed by atoms with Crippen molar-refractivity contribution in [3.63, 3.8) is 0 Å². The zero-order valence-electron chi connectivity index (χ0n) is 17.1. The summed E-state index contributed by atoms with van der Waals surface area (Å²) in [5.74, 6) is 0.566. The largest absolute Gasteiger partial charge is 0.454 e. The molecule has 2 N–H and O–H groups in total. The van der Waals surface area contributed by atoms with E-state index in [4.69, 9.17) is 9.47 Å². The predicted molar refractivity (Wildman–Crippen MR) is 112 cm³/mol. The number of piperidine rings is 1. The van der Waals surface area contributed by atoms with E-state index in [1.165, 1.54) is 0 Å². The summed E-state index contributed by atoms with van der Waals surface area (Å²) in [6, 6.07) is 14.3. The van der Waals surface area contributed by atoms with Crippen LogP contribution in [0.15, 0.2) is 48.5 Å². The first-order valence-electron chi connectivity index (χ1n) is 10.4. The molecule has 2 aromatic rings. The summed E-state index contributed by atoms with van der Waals surface area (Å²) in [6.07, 6.45) is 1.48. The van der Waals surface area contributed by atoms with Gasteiger partial charge < -0.3 is 25.0 Å². The standard InChI is InChI=1S/C23H25N3O5/c27-21(13-25-22(28)17-5-2-1-3-6-17)26-10-4-7-18(14-26)23(29)24-12-16-8-9-19-20(11-16)31-15-30-19/h1-3,5-6,8-9,11,18H,4,7,10,12-15H2,(H,24,29)(H,25,28)/t18-/m0/s1. The molecule has 0 radical (unpaired) electrons. The Morgan fingerprint density at radius 2 is 1.81 bits per heavy atom. The summed E-state index contributed by atoms with van der Waals surface area (Å²) in [7, 11) is 0. The van der Waals surface area contributed by atoms with Crippen molar-refractivity contribution in [1.29, 1.82) is 0 Å². The second-order valence-electron chi connectivity index (χ2n) is 7.63. The van der Waals surface area contributed by atoms with Gasteiger partial charge in [-0.2, -0.15) is 0 Å². The minimum absolute atomic E-state index is 0.0801. The molecule has 162 valence electrons. The Balaban J connectivity index is 1.25. The summed E-state index contributed by atoms with van der Waals surface area (Å²) >= 11 is 0. The number of likely N-dealkylation sites (tertiary alicyclic amines) is 1. The van der Waals surface area contributed by atoms with E-state index in [2.05, 4.69) is 10.6 Å². The van der Waals surface area contributed by atoms with Crippen LogP contribution in [0.5, 0.6) is 11.5 Å². The van der Waals surface area contributed by atoms with E-state index in [1.807, 2.05) is 24.3 Å². The topological polar surface area (TPSA) is 97.0 Å². The van der Waals surface area contributed by atoms with E-state index in [9.17, 15) is 14.4 Å². The van der Waals surface area contributed by atoms with Gasteiger partial charge >= 0.3 is 0 Å². The van der Waals surface area contributed by atoms with Gasteiger partial charge in [0.25, 0.3) is 5.91 Å². The summed E-state index contributed by atoms with van der Waals surface area (Å²) < 4.78 is 10.7. The molecule has 0 aliphatic carbocycles. The van der Waals surface area contributed by atoms with Crippen LogP contribution in [0.1, 0.15) is 28.8 Å². The molecule has 3 amide bonds. The van der Waals surface area contributed by atoms with Gasteiger partial charge in [0.1, 0.15) is 0 Å². The Bertz CT molecular complexity index is 963. The molecule has 0 bridgehead atoms. The molecule has 31 heavy (non-hydrogen) atoms. The number of nitrogens with one attached hydrogen (secondary N) is 2. The monoisotopic (exact) mass is 423 g/mol. The van der Waals surface area contributed by atoms with Crippen molar-refractivity contribution in [2.24, 2.45) is 5.92 Å². The third kappa shape index (κ3) is 5.14. The molecule has 0 aromatic heterocycles. The average Bonchev–Trinajstić information content (AvgIpc) is 3.29. The Labute approximate surface area is 180 Å². The number of benzene rings is 2. The highest BCUT2D eigenvalue weighted by Crippen LogP contribution is 2.32. The fraction of sp³-hybridized carbons (Fsp3) is 0.348. The van der Waals surface area contributed by atoms with Gasteiger partial charge in [0, 0.05) is 25.2 Å². The van der Waals surface area contributed by atoms with Crippen molar-refractivity contribution < 1.29 is 23.9 Å². The number of nitrogens with zero attached hydrogens (tertiary/aromatic N) is 1. The van der Waals surface area contributed by atoms with Gasteiger partial charge in [-0.05, 0) is 42.7 Å². The highest BCUT2D eigenvalue weighted by molar-refractivity contribution is 5.96. The van der Waals surface area contributed by atoms with Crippen LogP contribution < -0.4 is 20.1 Å². The van der Waals surface area contributed by atoms with Gasteiger partial charge in [-0.1, -0.05) is 24.3 Å². The summed E-state index contributed by atoms with van der Waals surface area (Å²) in [4.78, 5) is 39.0. The number of hydrogen-bond acceptors (Lipinski definition) is 5. The second-order valence-corrected chi connectivity index (χ2v) is 7.63. The molecule has 2 aliphatic heterocycles. The first-order valence-corrected chi connectivity index (χ1v) is 10.4. The molecule has 1 saturated heterocycles. The Hall–Kier alpha value is -3.55. The second kappa shape index (κ2) is 9.51. The van der Waals surface area contributed by atoms with Gasteiger partial charge in [0.2, 0.25) is 18.6 Å². The van der Waals surface area contributed by atoms with Crippen molar-refractivity contribution in [2.75, 3.05) is 26.4 Å². The lowest BCUT2D eigenvalue weighted by molar-refractivity contribution is -0.135. The van der Waals surface area contributed by atoms with Gasteiger partial charge in [-0.15, -0.1) is 0 Å². The highest BCUT2D eigenvalue weighted by atomic mass is 16.7. The van der Waals surface area contributed by atoms with E-state index in [0.29, 0.717) is 36.7 Å². The summed E-state index contributed by atoms with van der Waals surface area (Å²) in [5.41, 5.74) is 1.43. The highest BCUT2D eigenvalue weighted by Gasteiger charge is 2.28. The maximum atomic E-state index is 12.6. The molecule has 1 fully saturated rings. The van der Waals surface area contributed by atoms with Gasteiger partial charge in [0.15, 0.2) is 11.5 Å². The average molecular weight is 423 g/mol. The first kappa shape index (κ1) is 20.7. The van der Waals surface area contributed by atoms with Crippen molar-refractivity contribution in [1.82, 2.24) is 15.5 Å².